The smallest absolute Gasteiger partial charge is 0.185 e. The van der Waals surface area contributed by atoms with E-state index in [9.17, 15) is 4.39 Å². The van der Waals surface area contributed by atoms with Crippen molar-refractivity contribution < 1.29 is 4.39 Å². The molecular weight excluding hydrogens is 285 g/mol. The SMILES string of the molecule is CCCc1nc(N(C)Cc2cccc(F)c2)sc1CNC. The van der Waals surface area contributed by atoms with Crippen molar-refractivity contribution in [2.75, 3.05) is 19.0 Å². The van der Waals surface area contributed by atoms with E-state index in [4.69, 9.17) is 4.98 Å². The van der Waals surface area contributed by atoms with Crippen LogP contribution in [0.1, 0.15) is 29.5 Å². The van der Waals surface area contributed by atoms with Crippen LogP contribution in [0.25, 0.3) is 0 Å². The molecule has 0 bridgehead atoms. The van der Waals surface area contributed by atoms with Crippen molar-refractivity contribution in [3.05, 3.63) is 46.2 Å². The average molecular weight is 307 g/mol. The van der Waals surface area contributed by atoms with Crippen molar-refractivity contribution in [3.8, 4) is 0 Å². The Balaban J connectivity index is 2.14. The predicted octanol–water partition coefficient (Wildman–Crippen LogP) is 3.59. The number of aryl methyl sites for hydroxylation is 1. The Labute approximate surface area is 129 Å². The molecule has 1 aromatic heterocycles. The van der Waals surface area contributed by atoms with E-state index in [1.54, 1.807) is 23.5 Å². The molecule has 2 rings (SSSR count). The van der Waals surface area contributed by atoms with Gasteiger partial charge < -0.3 is 10.2 Å². The minimum absolute atomic E-state index is 0.192. The Kier molecular flexibility index (Phi) is 5.70. The monoisotopic (exact) mass is 307 g/mol. The summed E-state index contributed by atoms with van der Waals surface area (Å²) in [4.78, 5) is 8.12. The second kappa shape index (κ2) is 7.52. The summed E-state index contributed by atoms with van der Waals surface area (Å²) >= 11 is 1.71. The molecule has 0 saturated carbocycles. The Bertz CT molecular complexity index is 559. The summed E-state index contributed by atoms with van der Waals surface area (Å²) in [7, 11) is 3.95. The van der Waals surface area contributed by atoms with Gasteiger partial charge in [0.2, 0.25) is 0 Å². The summed E-state index contributed by atoms with van der Waals surface area (Å²) < 4.78 is 13.2. The maximum Gasteiger partial charge on any atom is 0.185 e. The van der Waals surface area contributed by atoms with Gasteiger partial charge in [0.1, 0.15) is 5.82 Å². The maximum absolute atomic E-state index is 13.2. The number of hydrogen-bond acceptors (Lipinski definition) is 4. The summed E-state index contributed by atoms with van der Waals surface area (Å²) in [5, 5.41) is 4.19. The lowest BCUT2D eigenvalue weighted by Crippen LogP contribution is -2.16. The molecule has 2 aromatic rings. The number of aromatic nitrogens is 1. The van der Waals surface area contributed by atoms with Gasteiger partial charge in [-0.2, -0.15) is 0 Å². The van der Waals surface area contributed by atoms with Crippen LogP contribution in [0.15, 0.2) is 24.3 Å². The average Bonchev–Trinajstić information content (AvgIpc) is 2.83. The van der Waals surface area contributed by atoms with E-state index in [1.807, 2.05) is 20.2 Å². The fourth-order valence-corrected chi connectivity index (χ4v) is 3.32. The molecule has 1 N–H and O–H groups in total. The number of anilines is 1. The van der Waals surface area contributed by atoms with Crippen LogP contribution >= 0.6 is 11.3 Å². The molecular formula is C16H22FN3S. The van der Waals surface area contributed by atoms with Gasteiger partial charge in [-0.15, -0.1) is 11.3 Å². The van der Waals surface area contributed by atoms with Gasteiger partial charge >= 0.3 is 0 Å². The summed E-state index contributed by atoms with van der Waals surface area (Å²) in [6.07, 6.45) is 2.09. The van der Waals surface area contributed by atoms with E-state index in [0.29, 0.717) is 6.54 Å². The van der Waals surface area contributed by atoms with Gasteiger partial charge in [0.15, 0.2) is 5.13 Å². The highest BCUT2D eigenvalue weighted by atomic mass is 32.1. The molecule has 1 aromatic carbocycles. The highest BCUT2D eigenvalue weighted by Gasteiger charge is 2.13. The van der Waals surface area contributed by atoms with Crippen molar-refractivity contribution in [3.63, 3.8) is 0 Å². The molecule has 0 amide bonds. The topological polar surface area (TPSA) is 28.2 Å². The number of nitrogens with zero attached hydrogens (tertiary/aromatic N) is 2. The lowest BCUT2D eigenvalue weighted by molar-refractivity contribution is 0.625. The van der Waals surface area contributed by atoms with Crippen molar-refractivity contribution in [2.45, 2.75) is 32.9 Å². The van der Waals surface area contributed by atoms with Crippen LogP contribution in [0.2, 0.25) is 0 Å². The number of hydrogen-bond donors (Lipinski definition) is 1. The molecule has 21 heavy (non-hydrogen) atoms. The zero-order valence-electron chi connectivity index (χ0n) is 12.8. The van der Waals surface area contributed by atoms with Gasteiger partial charge in [0.05, 0.1) is 5.69 Å². The number of halogens is 1. The molecule has 114 valence electrons. The Morgan fingerprint density at radius 2 is 2.19 bits per heavy atom. The van der Waals surface area contributed by atoms with Crippen molar-refractivity contribution in [2.24, 2.45) is 0 Å². The van der Waals surface area contributed by atoms with Gasteiger partial charge in [-0.3, -0.25) is 0 Å². The minimum atomic E-state index is -0.192. The van der Waals surface area contributed by atoms with Crippen LogP contribution in [0.4, 0.5) is 9.52 Å². The molecule has 0 spiro atoms. The van der Waals surface area contributed by atoms with Crippen molar-refractivity contribution >= 4 is 16.5 Å². The number of nitrogens with one attached hydrogen (secondary N) is 1. The third-order valence-corrected chi connectivity index (χ3v) is 4.44. The van der Waals surface area contributed by atoms with Gasteiger partial charge in [-0.1, -0.05) is 25.5 Å². The number of rotatable bonds is 7. The quantitative estimate of drug-likeness (QED) is 0.847. The second-order valence-electron chi connectivity index (χ2n) is 5.13. The van der Waals surface area contributed by atoms with Crippen LogP contribution < -0.4 is 10.2 Å². The summed E-state index contributed by atoms with van der Waals surface area (Å²) in [6.45, 7) is 3.68. The largest absolute Gasteiger partial charge is 0.347 e. The normalized spacial score (nSPS) is 10.9. The fraction of sp³-hybridized carbons (Fsp3) is 0.438. The van der Waals surface area contributed by atoms with Crippen LogP contribution in [0, 0.1) is 5.82 Å². The molecule has 0 unspecified atom stereocenters. The van der Waals surface area contributed by atoms with E-state index < -0.39 is 0 Å². The van der Waals surface area contributed by atoms with E-state index in [2.05, 4.69) is 17.1 Å². The van der Waals surface area contributed by atoms with Gasteiger partial charge in [0, 0.05) is 25.0 Å². The zero-order chi connectivity index (χ0) is 15.2. The third-order valence-electron chi connectivity index (χ3n) is 3.23. The van der Waals surface area contributed by atoms with Crippen LogP contribution in [-0.2, 0) is 19.5 Å². The van der Waals surface area contributed by atoms with Gasteiger partial charge in [-0.25, -0.2) is 9.37 Å². The second-order valence-corrected chi connectivity index (χ2v) is 6.19. The third kappa shape index (κ3) is 4.25. The van der Waals surface area contributed by atoms with Crippen LogP contribution in [-0.4, -0.2) is 19.1 Å². The molecule has 0 aliphatic rings. The summed E-state index contributed by atoms with van der Waals surface area (Å²) in [5.41, 5.74) is 2.14. The maximum atomic E-state index is 13.2. The molecule has 0 atom stereocenters. The minimum Gasteiger partial charge on any atom is -0.347 e. The fourth-order valence-electron chi connectivity index (χ4n) is 2.24. The van der Waals surface area contributed by atoms with E-state index >= 15 is 0 Å². The molecule has 0 radical (unpaired) electrons. The number of benzene rings is 1. The van der Waals surface area contributed by atoms with Crippen molar-refractivity contribution in [1.82, 2.24) is 10.3 Å². The lowest BCUT2D eigenvalue weighted by Gasteiger charge is -2.15. The molecule has 0 fully saturated rings. The van der Waals surface area contributed by atoms with Gasteiger partial charge in [-0.05, 0) is 31.2 Å². The first-order valence-electron chi connectivity index (χ1n) is 7.22. The van der Waals surface area contributed by atoms with Crippen LogP contribution in [0.3, 0.4) is 0 Å². The van der Waals surface area contributed by atoms with E-state index in [-0.39, 0.29) is 5.82 Å². The highest BCUT2D eigenvalue weighted by Crippen LogP contribution is 2.27. The molecule has 0 saturated heterocycles. The van der Waals surface area contributed by atoms with E-state index in [1.165, 1.54) is 16.6 Å². The molecule has 5 heteroatoms. The van der Waals surface area contributed by atoms with Crippen LogP contribution in [0.5, 0.6) is 0 Å². The molecule has 0 aliphatic carbocycles. The Morgan fingerprint density at radius 3 is 2.86 bits per heavy atom. The van der Waals surface area contributed by atoms with Crippen molar-refractivity contribution in [1.29, 1.82) is 0 Å². The first kappa shape index (κ1) is 15.9. The Morgan fingerprint density at radius 1 is 1.38 bits per heavy atom. The highest BCUT2D eigenvalue weighted by molar-refractivity contribution is 7.15. The lowest BCUT2D eigenvalue weighted by atomic mass is 10.2. The zero-order valence-corrected chi connectivity index (χ0v) is 13.6. The molecule has 0 aliphatic heterocycles. The first-order valence-corrected chi connectivity index (χ1v) is 8.04. The summed E-state index contributed by atoms with van der Waals surface area (Å²) in [6, 6.07) is 6.73. The van der Waals surface area contributed by atoms with E-state index in [0.717, 1.165) is 30.1 Å². The summed E-state index contributed by atoms with van der Waals surface area (Å²) in [5.74, 6) is -0.192. The number of thiazole rings is 1. The molecule has 3 nitrogen and oxygen atoms in total. The molecule has 1 heterocycles. The predicted molar refractivity (Wildman–Crippen MR) is 87.4 cm³/mol. The standard InChI is InChI=1S/C16H22FN3S/c1-4-6-14-15(10-18-2)21-16(19-14)20(3)11-12-7-5-8-13(17)9-12/h5,7-9,18H,4,6,10-11H2,1-3H3. The van der Waals surface area contributed by atoms with Gasteiger partial charge in [0.25, 0.3) is 0 Å². The Hall–Kier alpha value is -1.46. The first-order chi connectivity index (χ1) is 10.1.